The average molecular weight is 1400 g/mol. The zero-order chi connectivity index (χ0) is 72.2. The van der Waals surface area contributed by atoms with Crippen molar-refractivity contribution in [2.24, 2.45) is 23.5 Å². The van der Waals surface area contributed by atoms with Crippen molar-refractivity contribution in [2.45, 2.75) is 156 Å². The molecule has 1 saturated heterocycles. The van der Waals surface area contributed by atoms with E-state index in [0.29, 0.717) is 89.7 Å². The zero-order valence-electron chi connectivity index (χ0n) is 59.9. The van der Waals surface area contributed by atoms with Crippen LogP contribution < -0.4 is 26.0 Å². The molecule has 102 heavy (non-hydrogen) atoms. The van der Waals surface area contributed by atoms with Crippen LogP contribution in [0.15, 0.2) is 103 Å². The number of methoxy groups -OCH3 is 1. The van der Waals surface area contributed by atoms with Crippen LogP contribution in [-0.2, 0) is 91.5 Å². The second kappa shape index (κ2) is 40.0. The number of rotatable bonds is 45. The molecule has 5 heterocycles. The number of ether oxygens (including phenoxy) is 6. The molecule has 2 aliphatic rings. The van der Waals surface area contributed by atoms with Crippen LogP contribution in [0.4, 0.5) is 10.5 Å². The van der Waals surface area contributed by atoms with Gasteiger partial charge in [-0.1, -0.05) is 119 Å². The predicted octanol–water partition coefficient (Wildman–Crippen LogP) is 10.3. The highest BCUT2D eigenvalue weighted by atomic mass is 16.6. The van der Waals surface area contributed by atoms with Gasteiger partial charge in [-0.05, 0) is 91.3 Å². The molecular formula is C78H101N11O13. The number of aromatic nitrogens is 6. The van der Waals surface area contributed by atoms with Gasteiger partial charge in [0, 0.05) is 100 Å². The van der Waals surface area contributed by atoms with Crippen LogP contribution in [0, 0.1) is 24.7 Å². The summed E-state index contributed by atoms with van der Waals surface area (Å²) in [7, 11) is 1.71. The molecule has 3 aromatic heterocycles. The lowest BCUT2D eigenvalue weighted by molar-refractivity contribution is -0.147. The van der Waals surface area contributed by atoms with E-state index in [-0.39, 0.29) is 106 Å². The number of carbonyl (C=O) groups excluding carboxylic acids is 7. The van der Waals surface area contributed by atoms with Crippen LogP contribution in [0.3, 0.4) is 0 Å². The Morgan fingerprint density at radius 1 is 0.696 bits per heavy atom. The number of aromatic amines is 1. The van der Waals surface area contributed by atoms with Crippen molar-refractivity contribution in [3.05, 3.63) is 143 Å². The van der Waals surface area contributed by atoms with E-state index in [2.05, 4.69) is 72.9 Å². The van der Waals surface area contributed by atoms with Crippen molar-refractivity contribution in [2.75, 3.05) is 84.5 Å². The standard InChI is InChI=1S/C78H101N11O13/c1-6-7-8-9-20-67-76-68(82-54(4)81-67)31-34-88(76)50-60-28-27-57(44-71(60)97-5)47-87-48-58(49-87)45-73(94)102-52-56-25-23-55(24-26-56)43-70(92)66(21-14-33-80-78(79)96)83-77(95)65(53(2)3)46-62(91)32-36-99-38-40-101-42-41-100-39-37-98-35-15-17-61(90)29-30-72(93)89-51-59-16-10-11-18-63(59)74-75(85-86-84-74)64-19-12-13-22-69(64)89/h10-13,16,18-19,22-28,31,34,44,53,58,65-66H,6-9,14-15,17,20-21,29-30,32-33,35-43,45-52H2,1-5H3,(H,83,95)(H3,79,80,96)(H,84,85,86)/t65-,66-/m0/s1. The first-order valence-corrected chi connectivity index (χ1v) is 36.1. The van der Waals surface area contributed by atoms with Crippen LogP contribution in [0.1, 0.15) is 144 Å². The molecule has 4 aromatic carbocycles. The van der Waals surface area contributed by atoms with Gasteiger partial charge >= 0.3 is 12.0 Å². The zero-order valence-corrected chi connectivity index (χ0v) is 59.9. The number of benzene rings is 4. The number of amides is 4. The smallest absolute Gasteiger partial charge is 0.312 e. The summed E-state index contributed by atoms with van der Waals surface area (Å²) < 4.78 is 36.4. The molecule has 5 N–H and O–H groups in total. The molecule has 9 rings (SSSR count). The maximum atomic E-state index is 13.9. The minimum absolute atomic E-state index is 0.00548. The summed E-state index contributed by atoms with van der Waals surface area (Å²) in [6.45, 7) is 13.9. The fraction of sp³-hybridized carbons (Fsp3) is 0.500. The van der Waals surface area contributed by atoms with Crippen molar-refractivity contribution >= 4 is 57.9 Å². The Hall–Kier alpha value is -9.07. The molecule has 0 spiro atoms. The average Bonchev–Trinajstić information content (AvgIpc) is 1.48. The third-order valence-corrected chi connectivity index (χ3v) is 18.6. The van der Waals surface area contributed by atoms with Crippen LogP contribution >= 0.6 is 0 Å². The number of anilines is 1. The lowest BCUT2D eigenvalue weighted by Gasteiger charge is -2.39. The van der Waals surface area contributed by atoms with E-state index in [9.17, 15) is 33.6 Å². The molecule has 24 heteroatoms. The number of unbranched alkanes of at least 4 members (excludes halogenated alkanes) is 3. The number of hydrogen-bond acceptors (Lipinski definition) is 18. The van der Waals surface area contributed by atoms with E-state index in [4.69, 9.17) is 44.1 Å². The molecule has 546 valence electrons. The molecule has 4 amide bonds. The highest BCUT2D eigenvalue weighted by Gasteiger charge is 2.32. The lowest BCUT2D eigenvalue weighted by Crippen LogP contribution is -2.46. The number of urea groups is 1. The van der Waals surface area contributed by atoms with Gasteiger partial charge in [-0.15, -0.1) is 0 Å². The molecule has 1 fully saturated rings. The Morgan fingerprint density at radius 3 is 2.11 bits per heavy atom. The van der Waals surface area contributed by atoms with E-state index >= 15 is 0 Å². The SMILES string of the molecule is CCCCCCc1nc(C)nc2ccn(Cc3ccc(CN4CC(CC(=O)OCc5ccc(CC(=O)[C@H](CCCNC(N)=O)NC(=O)[C@@H](CC(=O)CCOCCOCCOCCOCCCC(=O)CCC(=O)N6Cc7ccccc7-c7n[nH]nc7-c7ccccc76)C(C)C)cc5)C4)cc3OC)c12. The highest BCUT2D eigenvalue weighted by molar-refractivity contribution is 6.01. The van der Waals surface area contributed by atoms with Crippen molar-refractivity contribution in [1.82, 2.24) is 45.5 Å². The minimum atomic E-state index is -0.892. The number of Topliss-reactive ketones (excluding diaryl/α,β-unsaturated/α-hetero) is 3. The molecule has 0 bridgehead atoms. The van der Waals surface area contributed by atoms with Gasteiger partial charge < -0.3 is 54.3 Å². The predicted molar refractivity (Wildman–Crippen MR) is 387 cm³/mol. The third kappa shape index (κ3) is 23.2. The van der Waals surface area contributed by atoms with Crippen LogP contribution in [-0.4, -0.2) is 162 Å². The second-order valence-corrected chi connectivity index (χ2v) is 26.8. The van der Waals surface area contributed by atoms with E-state index in [1.165, 1.54) is 19.3 Å². The molecule has 7 aromatic rings. The number of nitrogens with zero attached hydrogens (tertiary/aromatic N) is 7. The van der Waals surface area contributed by atoms with Crippen molar-refractivity contribution in [3.63, 3.8) is 0 Å². The van der Waals surface area contributed by atoms with Crippen molar-refractivity contribution in [1.29, 1.82) is 0 Å². The Kier molecular flexibility index (Phi) is 30.2. The topological polar surface area (TPSA) is 304 Å². The summed E-state index contributed by atoms with van der Waals surface area (Å²) in [5.74, 6) is -0.328. The summed E-state index contributed by atoms with van der Waals surface area (Å²) in [4.78, 5) is 106. The molecule has 24 nitrogen and oxygen atoms in total. The minimum Gasteiger partial charge on any atom is -0.496 e. The Morgan fingerprint density at radius 2 is 1.38 bits per heavy atom. The molecule has 2 aliphatic heterocycles. The highest BCUT2D eigenvalue weighted by Crippen LogP contribution is 2.40. The number of esters is 1. The summed E-state index contributed by atoms with van der Waals surface area (Å²) in [5.41, 5.74) is 16.9. The summed E-state index contributed by atoms with van der Waals surface area (Å²) >= 11 is 0. The molecule has 0 aliphatic carbocycles. The molecule has 0 unspecified atom stereocenters. The van der Waals surface area contributed by atoms with Gasteiger partial charge in [-0.3, -0.25) is 33.7 Å². The summed E-state index contributed by atoms with van der Waals surface area (Å²) in [5, 5.41) is 17.0. The summed E-state index contributed by atoms with van der Waals surface area (Å²) in [6, 6.07) is 29.5. The first kappa shape index (κ1) is 77.1. The number of ketones is 3. The fourth-order valence-corrected chi connectivity index (χ4v) is 13.1. The van der Waals surface area contributed by atoms with Crippen LogP contribution in [0.25, 0.3) is 33.5 Å². The monoisotopic (exact) mass is 1400 g/mol. The Balaban J connectivity index is 0.605. The van der Waals surface area contributed by atoms with Crippen LogP contribution in [0.5, 0.6) is 5.75 Å². The number of hydrogen-bond donors (Lipinski definition) is 4. The van der Waals surface area contributed by atoms with E-state index in [0.717, 1.165) is 106 Å². The first-order valence-electron chi connectivity index (χ1n) is 36.1. The van der Waals surface area contributed by atoms with E-state index in [1.807, 2.05) is 81.4 Å². The quantitative estimate of drug-likeness (QED) is 0.0204. The maximum absolute atomic E-state index is 13.9. The number of fused-ring (bicyclic) bond motifs is 6. The van der Waals surface area contributed by atoms with Crippen LogP contribution in [0.2, 0.25) is 0 Å². The Labute approximate surface area is 597 Å². The maximum Gasteiger partial charge on any atom is 0.312 e. The number of primary amides is 1. The van der Waals surface area contributed by atoms with Gasteiger partial charge in [-0.25, -0.2) is 14.8 Å². The van der Waals surface area contributed by atoms with E-state index < -0.39 is 23.9 Å². The van der Waals surface area contributed by atoms with Crippen molar-refractivity contribution in [3.8, 4) is 28.3 Å². The van der Waals surface area contributed by atoms with Gasteiger partial charge in [0.2, 0.25) is 11.8 Å². The van der Waals surface area contributed by atoms with E-state index in [1.54, 1.807) is 24.1 Å². The molecule has 2 atom stereocenters. The van der Waals surface area contributed by atoms with Crippen molar-refractivity contribution < 1.29 is 62.0 Å². The lowest BCUT2D eigenvalue weighted by atomic mass is 9.88. The summed E-state index contributed by atoms with van der Waals surface area (Å²) in [6.07, 6.45) is 9.74. The number of nitrogens with one attached hydrogen (secondary N) is 3. The molecule has 0 radical (unpaired) electrons. The molecule has 0 saturated carbocycles. The number of para-hydroxylation sites is 1. The largest absolute Gasteiger partial charge is 0.496 e. The van der Waals surface area contributed by atoms with Gasteiger partial charge in [0.25, 0.3) is 0 Å². The van der Waals surface area contributed by atoms with Gasteiger partial charge in [0.1, 0.15) is 41.1 Å². The number of nitrogens with two attached hydrogens (primary N) is 1. The normalized spacial score (nSPS) is 13.5. The molecular weight excluding hydrogens is 1300 g/mol. The fourth-order valence-electron chi connectivity index (χ4n) is 13.1. The first-order chi connectivity index (χ1) is 49.5. The second-order valence-electron chi connectivity index (χ2n) is 26.8. The number of aryl methyl sites for hydroxylation is 2. The third-order valence-electron chi connectivity index (χ3n) is 18.6. The Bertz CT molecular complexity index is 3900. The van der Waals surface area contributed by atoms with Gasteiger partial charge in [0.15, 0.2) is 5.78 Å². The van der Waals surface area contributed by atoms with Gasteiger partial charge in [0.05, 0.1) is 101 Å². The number of carbonyl (C=O) groups is 7. The number of likely N-dealkylation sites (tertiary alicyclic amines) is 1. The number of H-pyrrole nitrogens is 1. The van der Waals surface area contributed by atoms with Gasteiger partial charge in [-0.2, -0.15) is 15.4 Å².